The monoisotopic (exact) mass is 779 g/mol. The van der Waals surface area contributed by atoms with Crippen LogP contribution in [0.2, 0.25) is 0 Å². The van der Waals surface area contributed by atoms with Crippen LogP contribution in [-0.4, -0.2) is 85.4 Å². The van der Waals surface area contributed by atoms with E-state index < -0.39 is 0 Å². The first-order valence-electron chi connectivity index (χ1n) is 24.4. The molecule has 0 aromatic rings. The number of aliphatic hydroxyl groups is 1. The van der Waals surface area contributed by atoms with Crippen LogP contribution in [0.15, 0.2) is 0 Å². The van der Waals surface area contributed by atoms with Crippen molar-refractivity contribution in [2.24, 2.45) is 5.92 Å². The van der Waals surface area contributed by atoms with E-state index in [1.54, 1.807) is 0 Å². The molecule has 1 saturated heterocycles. The second-order valence-corrected chi connectivity index (χ2v) is 17.2. The van der Waals surface area contributed by atoms with Gasteiger partial charge in [0.2, 0.25) is 0 Å². The second kappa shape index (κ2) is 39.6. The van der Waals surface area contributed by atoms with Gasteiger partial charge in [-0.05, 0) is 89.9 Å². The molecule has 1 rings (SSSR count). The van der Waals surface area contributed by atoms with Crippen molar-refractivity contribution in [2.75, 3.05) is 52.5 Å². The van der Waals surface area contributed by atoms with Gasteiger partial charge in [-0.1, -0.05) is 162 Å². The molecule has 0 amide bonds. The predicted molar refractivity (Wildman–Crippen MR) is 234 cm³/mol. The fourth-order valence-electron chi connectivity index (χ4n) is 8.35. The third-order valence-electron chi connectivity index (χ3n) is 12.1. The van der Waals surface area contributed by atoms with E-state index in [0.29, 0.717) is 38.0 Å². The van der Waals surface area contributed by atoms with Gasteiger partial charge in [-0.3, -0.25) is 14.5 Å². The molecule has 1 fully saturated rings. The average Bonchev–Trinajstić information content (AvgIpc) is 3.19. The number of hydrogen-bond donors (Lipinski definition) is 1. The third kappa shape index (κ3) is 32.5. The van der Waals surface area contributed by atoms with Crippen molar-refractivity contribution in [2.45, 2.75) is 239 Å². The van der Waals surface area contributed by atoms with E-state index in [1.165, 1.54) is 141 Å². The topological polar surface area (TPSA) is 79.3 Å². The van der Waals surface area contributed by atoms with Crippen molar-refractivity contribution in [3.8, 4) is 0 Å². The molecule has 326 valence electrons. The molecule has 0 spiro atoms. The SMILES string of the molecule is CCCCCCCCCCCOC(=O)CCCCCN1CCC(N(CCO)CCCCCC(=O)OCC(CCCCCCCC)CCCCCCCC)CC1. The van der Waals surface area contributed by atoms with Gasteiger partial charge in [0, 0.05) is 25.4 Å². The third-order valence-corrected chi connectivity index (χ3v) is 12.1. The zero-order valence-corrected chi connectivity index (χ0v) is 37.1. The lowest BCUT2D eigenvalue weighted by atomic mass is 9.94. The number of nitrogens with zero attached hydrogens (tertiary/aromatic N) is 2. The highest BCUT2D eigenvalue weighted by atomic mass is 16.5. The van der Waals surface area contributed by atoms with Crippen LogP contribution in [-0.2, 0) is 19.1 Å². The van der Waals surface area contributed by atoms with Crippen molar-refractivity contribution in [3.05, 3.63) is 0 Å². The number of unbranched alkanes of at least 4 members (excludes halogenated alkanes) is 22. The Bertz CT molecular complexity index is 817. The normalized spacial score (nSPS) is 14.0. The minimum absolute atomic E-state index is 0.0141. The summed E-state index contributed by atoms with van der Waals surface area (Å²) in [7, 11) is 0. The molecule has 1 aliphatic rings. The number of likely N-dealkylation sites (tertiary alicyclic amines) is 1. The summed E-state index contributed by atoms with van der Waals surface area (Å²) < 4.78 is 11.3. The molecular formula is C48H94N2O5. The summed E-state index contributed by atoms with van der Waals surface area (Å²) in [6.07, 6.45) is 39.2. The first kappa shape index (κ1) is 51.8. The zero-order chi connectivity index (χ0) is 39.9. The Kier molecular flexibility index (Phi) is 37.4. The van der Waals surface area contributed by atoms with Gasteiger partial charge >= 0.3 is 11.9 Å². The van der Waals surface area contributed by atoms with Crippen LogP contribution in [0.3, 0.4) is 0 Å². The van der Waals surface area contributed by atoms with Crippen molar-refractivity contribution >= 4 is 11.9 Å². The summed E-state index contributed by atoms with van der Waals surface area (Å²) >= 11 is 0. The maximum absolute atomic E-state index is 12.7. The van der Waals surface area contributed by atoms with Crippen molar-refractivity contribution in [1.82, 2.24) is 9.80 Å². The van der Waals surface area contributed by atoms with Crippen molar-refractivity contribution in [3.63, 3.8) is 0 Å². The van der Waals surface area contributed by atoms with E-state index in [0.717, 1.165) is 90.5 Å². The average molecular weight is 779 g/mol. The van der Waals surface area contributed by atoms with Crippen LogP contribution in [0, 0.1) is 5.92 Å². The summed E-state index contributed by atoms with van der Waals surface area (Å²) in [6.45, 7) is 13.3. The van der Waals surface area contributed by atoms with E-state index >= 15 is 0 Å². The van der Waals surface area contributed by atoms with Crippen LogP contribution < -0.4 is 0 Å². The molecule has 7 nitrogen and oxygen atoms in total. The van der Waals surface area contributed by atoms with Gasteiger partial charge in [-0.25, -0.2) is 0 Å². The van der Waals surface area contributed by atoms with Crippen molar-refractivity contribution in [1.29, 1.82) is 0 Å². The lowest BCUT2D eigenvalue weighted by Crippen LogP contribution is -2.46. The summed E-state index contributed by atoms with van der Waals surface area (Å²) in [5, 5.41) is 9.78. The molecule has 0 aromatic carbocycles. The Morgan fingerprint density at radius 2 is 1.02 bits per heavy atom. The number of carbonyl (C=O) groups excluding carboxylic acids is 2. The maximum atomic E-state index is 12.7. The molecule has 0 bridgehead atoms. The Morgan fingerprint density at radius 1 is 0.564 bits per heavy atom. The van der Waals surface area contributed by atoms with E-state index in [2.05, 4.69) is 30.6 Å². The molecule has 0 unspecified atom stereocenters. The fraction of sp³-hybridized carbons (Fsp3) is 0.958. The lowest BCUT2D eigenvalue weighted by molar-refractivity contribution is -0.145. The smallest absolute Gasteiger partial charge is 0.305 e. The summed E-state index contributed by atoms with van der Waals surface area (Å²) in [5.41, 5.74) is 0. The Morgan fingerprint density at radius 3 is 1.55 bits per heavy atom. The van der Waals surface area contributed by atoms with Crippen LogP contribution in [0.4, 0.5) is 0 Å². The highest BCUT2D eigenvalue weighted by Crippen LogP contribution is 2.21. The molecule has 1 aliphatic heterocycles. The van der Waals surface area contributed by atoms with Gasteiger partial charge in [0.25, 0.3) is 0 Å². The van der Waals surface area contributed by atoms with E-state index in [1.807, 2.05) is 0 Å². The predicted octanol–water partition coefficient (Wildman–Crippen LogP) is 12.6. The van der Waals surface area contributed by atoms with Gasteiger partial charge in [-0.15, -0.1) is 0 Å². The largest absolute Gasteiger partial charge is 0.466 e. The van der Waals surface area contributed by atoms with Gasteiger partial charge in [0.1, 0.15) is 0 Å². The molecule has 0 aromatic heterocycles. The fourth-order valence-corrected chi connectivity index (χ4v) is 8.35. The Balaban J connectivity index is 2.15. The zero-order valence-electron chi connectivity index (χ0n) is 37.1. The van der Waals surface area contributed by atoms with E-state index in [4.69, 9.17) is 9.47 Å². The molecule has 7 heteroatoms. The first-order valence-corrected chi connectivity index (χ1v) is 24.4. The molecule has 1 N–H and O–H groups in total. The quantitative estimate of drug-likeness (QED) is 0.0489. The number of piperidine rings is 1. The Hall–Kier alpha value is -1.18. The van der Waals surface area contributed by atoms with Crippen LogP contribution in [0.25, 0.3) is 0 Å². The molecule has 0 saturated carbocycles. The highest BCUT2D eigenvalue weighted by molar-refractivity contribution is 5.69. The number of aliphatic hydroxyl groups excluding tert-OH is 1. The molecule has 55 heavy (non-hydrogen) atoms. The van der Waals surface area contributed by atoms with Gasteiger partial charge in [-0.2, -0.15) is 0 Å². The van der Waals surface area contributed by atoms with Crippen molar-refractivity contribution < 1.29 is 24.2 Å². The van der Waals surface area contributed by atoms with Gasteiger partial charge < -0.3 is 19.5 Å². The molecule has 0 atom stereocenters. The number of ether oxygens (including phenoxy) is 2. The van der Waals surface area contributed by atoms with E-state index in [-0.39, 0.29) is 18.5 Å². The minimum atomic E-state index is -0.0226. The lowest BCUT2D eigenvalue weighted by Gasteiger charge is -2.38. The number of rotatable bonds is 41. The minimum Gasteiger partial charge on any atom is -0.466 e. The van der Waals surface area contributed by atoms with Crippen LogP contribution in [0.1, 0.15) is 233 Å². The standard InChI is InChI=1S/C48H94N2O5/c1-4-7-10-13-16-17-18-21-30-43-54-47(52)33-26-22-28-37-49-39-35-46(36-40-49)50(41-42-51)38-29-23-27-34-48(53)55-44-45(31-24-19-14-11-8-5-2)32-25-20-15-12-9-6-3/h45-46,51H,4-44H2,1-3H3. The number of esters is 2. The molecule has 0 aliphatic carbocycles. The Labute approximate surface area is 342 Å². The van der Waals surface area contributed by atoms with E-state index in [9.17, 15) is 14.7 Å². The number of hydrogen-bond acceptors (Lipinski definition) is 7. The molecule has 0 radical (unpaired) electrons. The number of carbonyl (C=O) groups is 2. The second-order valence-electron chi connectivity index (χ2n) is 17.2. The summed E-state index contributed by atoms with van der Waals surface area (Å²) in [5.74, 6) is 0.486. The van der Waals surface area contributed by atoms with Gasteiger partial charge in [0.05, 0.1) is 19.8 Å². The molecule has 1 heterocycles. The maximum Gasteiger partial charge on any atom is 0.305 e. The summed E-state index contributed by atoms with van der Waals surface area (Å²) in [4.78, 5) is 29.9. The molecular weight excluding hydrogens is 685 g/mol. The first-order chi connectivity index (χ1) is 27.0. The summed E-state index contributed by atoms with van der Waals surface area (Å²) in [6, 6.07) is 0.532. The van der Waals surface area contributed by atoms with Gasteiger partial charge in [0.15, 0.2) is 0 Å². The van der Waals surface area contributed by atoms with Crippen LogP contribution in [0.5, 0.6) is 0 Å². The highest BCUT2D eigenvalue weighted by Gasteiger charge is 2.24. The van der Waals surface area contributed by atoms with Crippen LogP contribution >= 0.6 is 0 Å².